The second-order valence-electron chi connectivity index (χ2n) is 6.35. The number of hydrogen-bond acceptors (Lipinski definition) is 4. The molecule has 1 aromatic heterocycles. The first-order valence-electron chi connectivity index (χ1n) is 8.65. The van der Waals surface area contributed by atoms with Crippen LogP contribution < -0.4 is 0 Å². The highest BCUT2D eigenvalue weighted by atomic mass is 32.1. The van der Waals surface area contributed by atoms with Gasteiger partial charge in [0, 0.05) is 10.9 Å². The van der Waals surface area contributed by atoms with Crippen molar-refractivity contribution in [3.05, 3.63) is 52.3 Å². The molecule has 2 aromatic carbocycles. The molecule has 0 bridgehead atoms. The van der Waals surface area contributed by atoms with E-state index in [-0.39, 0.29) is 11.5 Å². The van der Waals surface area contributed by atoms with E-state index in [2.05, 4.69) is 11.9 Å². The minimum atomic E-state index is 0.114. The van der Waals surface area contributed by atoms with E-state index in [1.54, 1.807) is 11.6 Å². The Kier molecular flexibility index (Phi) is 5.39. The van der Waals surface area contributed by atoms with Crippen molar-refractivity contribution in [2.75, 3.05) is 0 Å². The molecule has 2 N–H and O–H groups in total. The van der Waals surface area contributed by atoms with Crippen LogP contribution in [0.25, 0.3) is 22.4 Å². The highest BCUT2D eigenvalue weighted by molar-refractivity contribution is 7.07. The molecule has 0 saturated heterocycles. The average Bonchev–Trinajstić information content (AvgIpc) is 3.09. The third kappa shape index (κ3) is 3.69. The van der Waals surface area contributed by atoms with Crippen molar-refractivity contribution in [2.45, 2.75) is 39.5 Å². The molecule has 3 rings (SSSR count). The molecular weight excluding hydrogens is 330 g/mol. The Hall–Kier alpha value is -2.33. The minimum Gasteiger partial charge on any atom is -0.507 e. The molecule has 0 amide bonds. The number of benzene rings is 2. The Morgan fingerprint density at radius 3 is 2.60 bits per heavy atom. The Balaban J connectivity index is 2.17. The first kappa shape index (κ1) is 17.5. The molecule has 0 radical (unpaired) electrons. The van der Waals surface area contributed by atoms with Crippen molar-refractivity contribution < 1.29 is 10.2 Å². The van der Waals surface area contributed by atoms with Crippen LogP contribution in [0.2, 0.25) is 0 Å². The van der Waals surface area contributed by atoms with Gasteiger partial charge in [-0.25, -0.2) is 4.98 Å². The van der Waals surface area contributed by atoms with Crippen molar-refractivity contribution in [3.63, 3.8) is 0 Å². The number of phenolic OH excluding ortho intramolecular Hbond substituents is 2. The van der Waals surface area contributed by atoms with E-state index < -0.39 is 0 Å². The van der Waals surface area contributed by atoms with Gasteiger partial charge in [-0.15, -0.1) is 11.3 Å². The van der Waals surface area contributed by atoms with Gasteiger partial charge in [0.1, 0.15) is 11.5 Å². The number of thiazole rings is 1. The molecule has 0 atom stereocenters. The van der Waals surface area contributed by atoms with E-state index in [1.807, 2.05) is 36.6 Å². The predicted molar refractivity (Wildman–Crippen MR) is 104 cm³/mol. The van der Waals surface area contributed by atoms with Gasteiger partial charge < -0.3 is 10.2 Å². The molecule has 3 nitrogen and oxygen atoms in total. The summed E-state index contributed by atoms with van der Waals surface area (Å²) in [5, 5.41) is 23.6. The van der Waals surface area contributed by atoms with E-state index in [9.17, 15) is 10.2 Å². The topological polar surface area (TPSA) is 53.4 Å². The second-order valence-corrected chi connectivity index (χ2v) is 7.07. The fourth-order valence-electron chi connectivity index (χ4n) is 3.18. The molecule has 3 aromatic rings. The number of phenols is 2. The molecule has 25 heavy (non-hydrogen) atoms. The summed E-state index contributed by atoms with van der Waals surface area (Å²) < 4.78 is 0. The van der Waals surface area contributed by atoms with Gasteiger partial charge in [-0.2, -0.15) is 0 Å². The fraction of sp³-hybridized carbons (Fsp3) is 0.286. The number of aromatic hydroxyl groups is 2. The van der Waals surface area contributed by atoms with Crippen molar-refractivity contribution in [3.8, 4) is 33.9 Å². The monoisotopic (exact) mass is 353 g/mol. The average molecular weight is 353 g/mol. The van der Waals surface area contributed by atoms with Gasteiger partial charge in [0.25, 0.3) is 0 Å². The maximum atomic E-state index is 11.0. The van der Waals surface area contributed by atoms with Crippen LogP contribution in [-0.4, -0.2) is 15.2 Å². The standard InChI is InChI=1S/C21H23NO2S/c1-3-4-5-8-16-11-18(23)20(15-9-6-7-14(2)10-15)21(24)19(16)17-12-25-13-22-17/h6-7,9-13,23-24H,3-5,8H2,1-2H3. The lowest BCUT2D eigenvalue weighted by Crippen LogP contribution is -1.95. The van der Waals surface area contributed by atoms with Gasteiger partial charge in [0.15, 0.2) is 0 Å². The van der Waals surface area contributed by atoms with Gasteiger partial charge in [-0.05, 0) is 37.0 Å². The molecule has 0 aliphatic carbocycles. The largest absolute Gasteiger partial charge is 0.507 e. The maximum Gasteiger partial charge on any atom is 0.136 e. The van der Waals surface area contributed by atoms with Crippen LogP contribution in [0.3, 0.4) is 0 Å². The maximum absolute atomic E-state index is 11.0. The van der Waals surface area contributed by atoms with Crippen LogP contribution in [0, 0.1) is 6.92 Å². The molecule has 0 fully saturated rings. The first-order chi connectivity index (χ1) is 12.1. The van der Waals surface area contributed by atoms with Crippen molar-refractivity contribution in [2.24, 2.45) is 0 Å². The highest BCUT2D eigenvalue weighted by Crippen LogP contribution is 2.46. The van der Waals surface area contributed by atoms with Crippen LogP contribution in [0.4, 0.5) is 0 Å². The number of rotatable bonds is 6. The predicted octanol–water partition coefficient (Wildman–Crippen LogP) is 5.93. The summed E-state index contributed by atoms with van der Waals surface area (Å²) in [4.78, 5) is 4.40. The molecule has 4 heteroatoms. The van der Waals surface area contributed by atoms with E-state index in [1.165, 1.54) is 11.3 Å². The van der Waals surface area contributed by atoms with Crippen LogP contribution >= 0.6 is 11.3 Å². The summed E-state index contributed by atoms with van der Waals surface area (Å²) in [7, 11) is 0. The number of unbranched alkanes of at least 4 members (excludes halogenated alkanes) is 2. The van der Waals surface area contributed by atoms with Crippen LogP contribution in [0.5, 0.6) is 11.5 Å². The lowest BCUT2D eigenvalue weighted by atomic mass is 9.92. The molecule has 0 unspecified atom stereocenters. The first-order valence-corrected chi connectivity index (χ1v) is 9.59. The summed E-state index contributed by atoms with van der Waals surface area (Å²) in [6.07, 6.45) is 4.09. The Labute approximate surface area is 152 Å². The number of aryl methyl sites for hydroxylation is 2. The molecule has 1 heterocycles. The van der Waals surface area contributed by atoms with Gasteiger partial charge in [-0.1, -0.05) is 49.6 Å². The summed E-state index contributed by atoms with van der Waals surface area (Å²) >= 11 is 1.50. The Morgan fingerprint density at radius 2 is 1.92 bits per heavy atom. The van der Waals surface area contributed by atoms with Gasteiger partial charge >= 0.3 is 0 Å². The minimum absolute atomic E-state index is 0.114. The van der Waals surface area contributed by atoms with Gasteiger partial charge in [0.05, 0.1) is 16.8 Å². The summed E-state index contributed by atoms with van der Waals surface area (Å²) in [6.45, 7) is 4.16. The van der Waals surface area contributed by atoms with Crippen LogP contribution in [0.15, 0.2) is 41.2 Å². The fourth-order valence-corrected chi connectivity index (χ4v) is 3.72. The van der Waals surface area contributed by atoms with Crippen molar-refractivity contribution >= 4 is 11.3 Å². The number of hydrogen-bond donors (Lipinski definition) is 2. The lowest BCUT2D eigenvalue weighted by Gasteiger charge is -2.16. The zero-order valence-corrected chi connectivity index (χ0v) is 15.4. The van der Waals surface area contributed by atoms with Crippen molar-refractivity contribution in [1.82, 2.24) is 4.98 Å². The summed E-state index contributed by atoms with van der Waals surface area (Å²) in [5.74, 6) is 0.233. The van der Waals surface area contributed by atoms with E-state index in [0.717, 1.165) is 53.6 Å². The van der Waals surface area contributed by atoms with Crippen molar-refractivity contribution in [1.29, 1.82) is 0 Å². The SMILES string of the molecule is CCCCCc1cc(O)c(-c2cccc(C)c2)c(O)c1-c1cscn1. The van der Waals surface area contributed by atoms with Crippen LogP contribution in [0.1, 0.15) is 37.3 Å². The molecule has 0 aliphatic rings. The Morgan fingerprint density at radius 1 is 1.08 bits per heavy atom. The molecule has 130 valence electrons. The van der Waals surface area contributed by atoms with E-state index in [0.29, 0.717) is 5.56 Å². The summed E-state index contributed by atoms with van der Waals surface area (Å²) in [6, 6.07) is 9.60. The quantitative estimate of drug-likeness (QED) is 0.540. The summed E-state index contributed by atoms with van der Waals surface area (Å²) in [5.41, 5.74) is 6.60. The third-order valence-corrected chi connectivity index (χ3v) is 4.99. The molecule has 0 saturated carbocycles. The van der Waals surface area contributed by atoms with E-state index in [4.69, 9.17) is 0 Å². The van der Waals surface area contributed by atoms with Gasteiger partial charge in [0.2, 0.25) is 0 Å². The molecular formula is C21H23NO2S. The smallest absolute Gasteiger partial charge is 0.136 e. The number of nitrogens with zero attached hydrogens (tertiary/aromatic N) is 1. The highest BCUT2D eigenvalue weighted by Gasteiger charge is 2.21. The molecule has 0 aliphatic heterocycles. The number of aromatic nitrogens is 1. The molecule has 0 spiro atoms. The van der Waals surface area contributed by atoms with Gasteiger partial charge in [-0.3, -0.25) is 0 Å². The normalized spacial score (nSPS) is 11.0. The van der Waals surface area contributed by atoms with E-state index >= 15 is 0 Å². The Bertz CT molecular complexity index is 857. The third-order valence-electron chi connectivity index (χ3n) is 4.41. The van der Waals surface area contributed by atoms with Crippen LogP contribution in [-0.2, 0) is 6.42 Å². The second kappa shape index (κ2) is 7.70. The zero-order valence-electron chi connectivity index (χ0n) is 14.6. The zero-order chi connectivity index (χ0) is 17.8. The lowest BCUT2D eigenvalue weighted by molar-refractivity contribution is 0.454.